The third kappa shape index (κ3) is 2.65. The van der Waals surface area contributed by atoms with E-state index in [2.05, 4.69) is 11.1 Å². The summed E-state index contributed by atoms with van der Waals surface area (Å²) in [6, 6.07) is 18.2. The fourth-order valence-corrected chi connectivity index (χ4v) is 2.38. The molecule has 0 aliphatic carbocycles. The topological polar surface area (TPSA) is 56.9 Å². The lowest BCUT2D eigenvalue weighted by molar-refractivity contribution is 0.477. The van der Waals surface area contributed by atoms with Crippen LogP contribution in [0.3, 0.4) is 0 Å². The molecule has 2 aromatic carbocycles. The van der Waals surface area contributed by atoms with Gasteiger partial charge >= 0.3 is 0 Å². The number of phenols is 1. The Hall–Kier alpha value is -2.83. The van der Waals surface area contributed by atoms with E-state index in [1.165, 1.54) is 6.20 Å². The number of nitrogens with zero attached hydrogens (tertiary/aromatic N) is 2. The average molecular weight is 307 g/mol. The summed E-state index contributed by atoms with van der Waals surface area (Å²) in [6.07, 6.45) is 1.52. The lowest BCUT2D eigenvalue weighted by Crippen LogP contribution is -1.91. The fraction of sp³-hybridized carbons (Fsp3) is 0. The zero-order valence-electron chi connectivity index (χ0n) is 11.5. The van der Waals surface area contributed by atoms with Crippen LogP contribution in [0.2, 0.25) is 5.02 Å². The predicted molar refractivity (Wildman–Crippen MR) is 86.5 cm³/mol. The van der Waals surface area contributed by atoms with Crippen LogP contribution in [0.4, 0.5) is 0 Å². The molecule has 0 fully saturated rings. The molecule has 4 heteroatoms. The van der Waals surface area contributed by atoms with Gasteiger partial charge in [-0.1, -0.05) is 35.9 Å². The second-order valence-corrected chi connectivity index (χ2v) is 5.19. The summed E-state index contributed by atoms with van der Waals surface area (Å²) in [5.74, 6) is 0.154. The molecule has 22 heavy (non-hydrogen) atoms. The summed E-state index contributed by atoms with van der Waals surface area (Å²) in [5, 5.41) is 19.9. The molecule has 0 unspecified atom stereocenters. The number of phenolic OH excluding ortho intramolecular Hbond substituents is 1. The van der Waals surface area contributed by atoms with Gasteiger partial charge in [0.15, 0.2) is 0 Å². The quantitative estimate of drug-likeness (QED) is 0.750. The number of halogens is 1. The first-order valence-corrected chi connectivity index (χ1v) is 7.01. The Balaban J connectivity index is 2.17. The molecule has 0 aliphatic rings. The van der Waals surface area contributed by atoms with Gasteiger partial charge in [-0.15, -0.1) is 0 Å². The van der Waals surface area contributed by atoms with E-state index in [0.29, 0.717) is 21.8 Å². The van der Waals surface area contributed by atoms with Crippen molar-refractivity contribution < 1.29 is 5.11 Å². The van der Waals surface area contributed by atoms with Crippen molar-refractivity contribution in [2.45, 2.75) is 0 Å². The third-order valence-electron chi connectivity index (χ3n) is 3.36. The monoisotopic (exact) mass is 306 g/mol. The van der Waals surface area contributed by atoms with Crippen LogP contribution in [-0.4, -0.2) is 10.1 Å². The lowest BCUT2D eigenvalue weighted by Gasteiger charge is -2.08. The van der Waals surface area contributed by atoms with Crippen molar-refractivity contribution in [1.29, 1.82) is 5.26 Å². The number of rotatable bonds is 2. The fourth-order valence-electron chi connectivity index (χ4n) is 2.25. The minimum atomic E-state index is 0.154. The Labute approximate surface area is 133 Å². The van der Waals surface area contributed by atoms with Crippen molar-refractivity contribution in [2.75, 3.05) is 0 Å². The van der Waals surface area contributed by atoms with Crippen LogP contribution in [0.1, 0.15) is 5.56 Å². The second kappa shape index (κ2) is 5.88. The Kier molecular flexibility index (Phi) is 3.78. The van der Waals surface area contributed by atoms with E-state index in [0.717, 1.165) is 11.1 Å². The Morgan fingerprint density at radius 1 is 1.00 bits per heavy atom. The van der Waals surface area contributed by atoms with E-state index < -0.39 is 0 Å². The molecule has 0 amide bonds. The zero-order valence-corrected chi connectivity index (χ0v) is 12.2. The highest BCUT2D eigenvalue weighted by Crippen LogP contribution is 2.32. The van der Waals surface area contributed by atoms with Gasteiger partial charge in [0.1, 0.15) is 11.8 Å². The standard InChI is InChI=1S/C18H11ClN2O/c19-14-7-5-12(6-8-14)16-9-17(21-11-13(16)10-20)15-3-1-2-4-18(15)22/h1-9,11,22H. The van der Waals surface area contributed by atoms with Crippen LogP contribution in [-0.2, 0) is 0 Å². The maximum Gasteiger partial charge on any atom is 0.124 e. The van der Waals surface area contributed by atoms with Crippen LogP contribution < -0.4 is 0 Å². The number of hydrogen-bond acceptors (Lipinski definition) is 3. The number of benzene rings is 2. The van der Waals surface area contributed by atoms with Gasteiger partial charge in [-0.3, -0.25) is 4.98 Å². The molecule has 3 nitrogen and oxygen atoms in total. The zero-order chi connectivity index (χ0) is 15.5. The van der Waals surface area contributed by atoms with Crippen LogP contribution in [0, 0.1) is 11.3 Å². The van der Waals surface area contributed by atoms with Gasteiger partial charge in [-0.2, -0.15) is 5.26 Å². The van der Waals surface area contributed by atoms with Gasteiger partial charge < -0.3 is 5.11 Å². The van der Waals surface area contributed by atoms with E-state index in [-0.39, 0.29) is 5.75 Å². The highest BCUT2D eigenvalue weighted by atomic mass is 35.5. The maximum absolute atomic E-state index is 9.97. The van der Waals surface area contributed by atoms with Gasteiger partial charge in [0.05, 0.1) is 11.3 Å². The summed E-state index contributed by atoms with van der Waals surface area (Å²) in [5.41, 5.74) is 3.35. The van der Waals surface area contributed by atoms with Crippen molar-refractivity contribution in [1.82, 2.24) is 4.98 Å². The highest BCUT2D eigenvalue weighted by Gasteiger charge is 2.11. The van der Waals surface area contributed by atoms with Crippen molar-refractivity contribution in [3.8, 4) is 34.2 Å². The molecule has 0 atom stereocenters. The summed E-state index contributed by atoms with van der Waals surface area (Å²) in [6.45, 7) is 0. The predicted octanol–water partition coefficient (Wildman–Crippen LogP) is 4.65. The Morgan fingerprint density at radius 2 is 1.73 bits per heavy atom. The molecule has 3 rings (SSSR count). The van der Waals surface area contributed by atoms with E-state index >= 15 is 0 Å². The van der Waals surface area contributed by atoms with Gasteiger partial charge in [-0.05, 0) is 35.9 Å². The van der Waals surface area contributed by atoms with Crippen LogP contribution in [0.15, 0.2) is 60.8 Å². The molecule has 3 aromatic rings. The van der Waals surface area contributed by atoms with E-state index in [4.69, 9.17) is 11.6 Å². The lowest BCUT2D eigenvalue weighted by atomic mass is 9.99. The van der Waals surface area contributed by atoms with Crippen LogP contribution in [0.5, 0.6) is 5.75 Å². The van der Waals surface area contributed by atoms with Gasteiger partial charge in [0, 0.05) is 22.3 Å². The molecule has 0 spiro atoms. The minimum Gasteiger partial charge on any atom is -0.507 e. The summed E-state index contributed by atoms with van der Waals surface area (Å²) in [7, 11) is 0. The van der Waals surface area contributed by atoms with E-state index in [1.807, 2.05) is 18.2 Å². The molecule has 0 saturated heterocycles. The molecule has 0 radical (unpaired) electrons. The molecule has 1 N–H and O–H groups in total. The van der Waals surface area contributed by atoms with Crippen molar-refractivity contribution in [3.05, 3.63) is 71.4 Å². The number of pyridine rings is 1. The summed E-state index contributed by atoms with van der Waals surface area (Å²) in [4.78, 5) is 4.28. The number of aromatic hydroxyl groups is 1. The third-order valence-corrected chi connectivity index (χ3v) is 3.61. The Morgan fingerprint density at radius 3 is 2.41 bits per heavy atom. The van der Waals surface area contributed by atoms with Crippen LogP contribution >= 0.6 is 11.6 Å². The maximum atomic E-state index is 9.97. The second-order valence-electron chi connectivity index (χ2n) is 4.75. The van der Waals surface area contributed by atoms with Crippen molar-refractivity contribution in [3.63, 3.8) is 0 Å². The molecular weight excluding hydrogens is 296 g/mol. The first-order chi connectivity index (χ1) is 10.7. The molecule has 1 aromatic heterocycles. The van der Waals surface area contributed by atoms with Crippen molar-refractivity contribution in [2.24, 2.45) is 0 Å². The first kappa shape index (κ1) is 14.1. The summed E-state index contributed by atoms with van der Waals surface area (Å²) >= 11 is 5.91. The van der Waals surface area contributed by atoms with E-state index in [1.54, 1.807) is 36.4 Å². The minimum absolute atomic E-state index is 0.154. The first-order valence-electron chi connectivity index (χ1n) is 6.63. The molecular formula is C18H11ClN2O. The van der Waals surface area contributed by atoms with Crippen molar-refractivity contribution >= 4 is 11.6 Å². The van der Waals surface area contributed by atoms with Crippen LogP contribution in [0.25, 0.3) is 22.4 Å². The normalized spacial score (nSPS) is 10.2. The highest BCUT2D eigenvalue weighted by molar-refractivity contribution is 6.30. The largest absolute Gasteiger partial charge is 0.507 e. The van der Waals surface area contributed by atoms with Gasteiger partial charge in [-0.25, -0.2) is 0 Å². The van der Waals surface area contributed by atoms with Gasteiger partial charge in [0.25, 0.3) is 0 Å². The summed E-state index contributed by atoms with van der Waals surface area (Å²) < 4.78 is 0. The molecule has 0 aliphatic heterocycles. The van der Waals surface area contributed by atoms with E-state index in [9.17, 15) is 10.4 Å². The molecule has 0 bridgehead atoms. The molecule has 1 heterocycles. The number of nitriles is 1. The smallest absolute Gasteiger partial charge is 0.124 e. The number of hydrogen-bond donors (Lipinski definition) is 1. The average Bonchev–Trinajstić information content (AvgIpc) is 2.55. The van der Waals surface area contributed by atoms with Gasteiger partial charge in [0.2, 0.25) is 0 Å². The number of aromatic nitrogens is 1. The molecule has 0 saturated carbocycles. The SMILES string of the molecule is N#Cc1cnc(-c2ccccc2O)cc1-c1ccc(Cl)cc1. The Bertz CT molecular complexity index is 867. The number of para-hydroxylation sites is 1. The molecule has 106 valence electrons.